The molecule has 1 atom stereocenters. The van der Waals surface area contributed by atoms with Crippen LogP contribution in [0.2, 0.25) is 0 Å². The Bertz CT molecular complexity index is 775. The van der Waals surface area contributed by atoms with Gasteiger partial charge in [-0.25, -0.2) is 4.79 Å². The minimum atomic E-state index is -0.980. The number of fused-ring (bicyclic) bond motifs is 1. The molecule has 9 heteroatoms. The van der Waals surface area contributed by atoms with Crippen molar-refractivity contribution in [2.45, 2.75) is 58.2 Å². The van der Waals surface area contributed by atoms with Crippen LogP contribution in [0.4, 0.5) is 4.79 Å². The number of thiophene rings is 1. The molecule has 4 amide bonds. The Hall–Kier alpha value is -2.42. The SMILES string of the molecule is CCCCN(Cc1csc2c1CN(C1CCCC(=O)NC1=O)C2=O)C(=O)O. The van der Waals surface area contributed by atoms with Crippen LogP contribution in [0.5, 0.6) is 0 Å². The van der Waals surface area contributed by atoms with Crippen LogP contribution in [-0.2, 0) is 22.7 Å². The number of carbonyl (C=O) groups is 4. The molecule has 1 saturated heterocycles. The number of nitrogens with zero attached hydrogens (tertiary/aromatic N) is 2. The van der Waals surface area contributed by atoms with Gasteiger partial charge in [0.1, 0.15) is 6.04 Å². The van der Waals surface area contributed by atoms with E-state index in [0.29, 0.717) is 24.3 Å². The van der Waals surface area contributed by atoms with E-state index in [1.54, 1.807) is 0 Å². The second-order valence-electron chi connectivity index (χ2n) is 6.88. The van der Waals surface area contributed by atoms with Gasteiger partial charge in [-0.05, 0) is 30.2 Å². The van der Waals surface area contributed by atoms with Gasteiger partial charge in [0.2, 0.25) is 11.8 Å². The van der Waals surface area contributed by atoms with Crippen molar-refractivity contribution in [3.05, 3.63) is 21.4 Å². The quantitative estimate of drug-likeness (QED) is 0.721. The standard InChI is InChI=1S/C18H23N3O5S/c1-2-3-7-20(18(25)26)8-11-10-27-15-12(11)9-21(17(15)24)13-5-4-6-14(22)19-16(13)23/h10,13H,2-9H2,1H3,(H,25,26)(H,19,22,23). The first kappa shape index (κ1) is 19.3. The highest BCUT2D eigenvalue weighted by Gasteiger charge is 2.40. The molecule has 1 fully saturated rings. The molecule has 146 valence electrons. The summed E-state index contributed by atoms with van der Waals surface area (Å²) >= 11 is 1.29. The number of carbonyl (C=O) groups excluding carboxylic acids is 3. The molecule has 0 aromatic carbocycles. The van der Waals surface area contributed by atoms with Crippen molar-refractivity contribution in [3.8, 4) is 0 Å². The average Bonchev–Trinajstić information content (AvgIpc) is 3.10. The topological polar surface area (TPSA) is 107 Å². The van der Waals surface area contributed by atoms with E-state index in [1.807, 2.05) is 12.3 Å². The van der Waals surface area contributed by atoms with Gasteiger partial charge < -0.3 is 14.9 Å². The van der Waals surface area contributed by atoms with Crippen LogP contribution in [-0.4, -0.2) is 51.3 Å². The summed E-state index contributed by atoms with van der Waals surface area (Å²) in [5, 5.41) is 13.6. The maximum Gasteiger partial charge on any atom is 0.407 e. The van der Waals surface area contributed by atoms with Crippen molar-refractivity contribution in [2.24, 2.45) is 0 Å². The summed E-state index contributed by atoms with van der Waals surface area (Å²) in [4.78, 5) is 51.5. The number of hydrogen-bond acceptors (Lipinski definition) is 5. The second kappa shape index (κ2) is 8.08. The van der Waals surface area contributed by atoms with E-state index in [1.165, 1.54) is 21.1 Å². The number of nitrogens with one attached hydrogen (secondary N) is 1. The van der Waals surface area contributed by atoms with Gasteiger partial charge in [-0.15, -0.1) is 11.3 Å². The summed E-state index contributed by atoms with van der Waals surface area (Å²) in [5.74, 6) is -0.957. The smallest absolute Gasteiger partial charge is 0.407 e. The first-order valence-electron chi connectivity index (χ1n) is 9.14. The molecule has 2 aliphatic heterocycles. The van der Waals surface area contributed by atoms with Gasteiger partial charge in [0.15, 0.2) is 0 Å². The Morgan fingerprint density at radius 3 is 2.89 bits per heavy atom. The van der Waals surface area contributed by atoms with Crippen LogP contribution in [0.25, 0.3) is 0 Å². The third kappa shape index (κ3) is 3.97. The van der Waals surface area contributed by atoms with Gasteiger partial charge >= 0.3 is 6.09 Å². The van der Waals surface area contributed by atoms with E-state index in [0.717, 1.165) is 24.0 Å². The molecule has 1 aromatic rings. The molecular weight excluding hydrogens is 370 g/mol. The Balaban J connectivity index is 1.77. The van der Waals surface area contributed by atoms with Gasteiger partial charge in [-0.1, -0.05) is 13.3 Å². The lowest BCUT2D eigenvalue weighted by Gasteiger charge is -2.25. The van der Waals surface area contributed by atoms with E-state index in [9.17, 15) is 24.3 Å². The molecule has 2 N–H and O–H groups in total. The summed E-state index contributed by atoms with van der Waals surface area (Å²) in [7, 11) is 0. The van der Waals surface area contributed by atoms with Crippen LogP contribution in [0.3, 0.4) is 0 Å². The highest BCUT2D eigenvalue weighted by molar-refractivity contribution is 7.12. The summed E-state index contributed by atoms with van der Waals surface area (Å²) in [6.45, 7) is 2.96. The van der Waals surface area contributed by atoms with Crippen molar-refractivity contribution >= 4 is 35.2 Å². The normalized spacial score (nSPS) is 19.7. The molecule has 0 spiro atoms. The van der Waals surface area contributed by atoms with Crippen LogP contribution >= 0.6 is 11.3 Å². The predicted octanol–water partition coefficient (Wildman–Crippen LogP) is 2.18. The molecule has 0 saturated carbocycles. The van der Waals surface area contributed by atoms with E-state index < -0.39 is 18.0 Å². The van der Waals surface area contributed by atoms with E-state index in [-0.39, 0.29) is 31.3 Å². The van der Waals surface area contributed by atoms with Gasteiger partial charge in [-0.2, -0.15) is 0 Å². The Morgan fingerprint density at radius 2 is 2.19 bits per heavy atom. The summed E-state index contributed by atoms with van der Waals surface area (Å²) in [6, 6.07) is -0.660. The van der Waals surface area contributed by atoms with Crippen LogP contribution in [0.1, 0.15) is 59.8 Å². The first-order chi connectivity index (χ1) is 12.9. The number of hydrogen-bond donors (Lipinski definition) is 2. The number of rotatable bonds is 6. The number of amides is 4. The summed E-state index contributed by atoms with van der Waals surface area (Å²) < 4.78 is 0. The van der Waals surface area contributed by atoms with Gasteiger partial charge in [0.25, 0.3) is 5.91 Å². The zero-order chi connectivity index (χ0) is 19.6. The molecule has 2 aliphatic rings. The van der Waals surface area contributed by atoms with Crippen molar-refractivity contribution in [1.82, 2.24) is 15.1 Å². The largest absolute Gasteiger partial charge is 0.465 e. The van der Waals surface area contributed by atoms with Gasteiger partial charge in [0.05, 0.1) is 11.4 Å². The predicted molar refractivity (Wildman–Crippen MR) is 98.3 cm³/mol. The van der Waals surface area contributed by atoms with E-state index in [4.69, 9.17) is 0 Å². The monoisotopic (exact) mass is 393 g/mol. The lowest BCUT2D eigenvalue weighted by Crippen LogP contribution is -2.47. The molecule has 0 radical (unpaired) electrons. The molecular formula is C18H23N3O5S. The number of unbranched alkanes of at least 4 members (excludes halogenated alkanes) is 1. The maximum absolute atomic E-state index is 12.8. The van der Waals surface area contributed by atoms with Crippen molar-refractivity contribution in [1.29, 1.82) is 0 Å². The molecule has 1 aromatic heterocycles. The molecule has 1 unspecified atom stereocenters. The van der Waals surface area contributed by atoms with Gasteiger partial charge in [-0.3, -0.25) is 19.7 Å². The zero-order valence-corrected chi connectivity index (χ0v) is 16.0. The lowest BCUT2D eigenvalue weighted by atomic mass is 10.1. The highest BCUT2D eigenvalue weighted by atomic mass is 32.1. The van der Waals surface area contributed by atoms with Crippen molar-refractivity contribution in [3.63, 3.8) is 0 Å². The Kier molecular flexibility index (Phi) is 5.79. The molecule has 0 bridgehead atoms. The molecule has 8 nitrogen and oxygen atoms in total. The fraction of sp³-hybridized carbons (Fsp3) is 0.556. The van der Waals surface area contributed by atoms with Crippen LogP contribution < -0.4 is 5.32 Å². The molecule has 3 heterocycles. The van der Waals surface area contributed by atoms with Crippen molar-refractivity contribution < 1.29 is 24.3 Å². The average molecular weight is 393 g/mol. The Morgan fingerprint density at radius 1 is 1.41 bits per heavy atom. The van der Waals surface area contributed by atoms with Crippen LogP contribution in [0, 0.1) is 0 Å². The Labute approximate surface area is 161 Å². The highest BCUT2D eigenvalue weighted by Crippen LogP contribution is 2.34. The molecule has 27 heavy (non-hydrogen) atoms. The maximum atomic E-state index is 12.8. The lowest BCUT2D eigenvalue weighted by molar-refractivity contribution is -0.132. The second-order valence-corrected chi connectivity index (χ2v) is 7.76. The number of carboxylic acid groups (broad SMARTS) is 1. The van der Waals surface area contributed by atoms with E-state index >= 15 is 0 Å². The fourth-order valence-electron chi connectivity index (χ4n) is 3.49. The van der Waals surface area contributed by atoms with Crippen LogP contribution in [0.15, 0.2) is 5.38 Å². The molecule has 3 rings (SSSR count). The third-order valence-corrected chi connectivity index (χ3v) is 6.06. The van der Waals surface area contributed by atoms with Gasteiger partial charge in [0, 0.05) is 25.1 Å². The van der Waals surface area contributed by atoms with Crippen molar-refractivity contribution in [2.75, 3.05) is 6.54 Å². The summed E-state index contributed by atoms with van der Waals surface area (Å²) in [6.07, 6.45) is 1.98. The molecule has 0 aliphatic carbocycles. The third-order valence-electron chi connectivity index (χ3n) is 5.00. The number of imide groups is 1. The minimum Gasteiger partial charge on any atom is -0.465 e. The zero-order valence-electron chi connectivity index (χ0n) is 15.2. The first-order valence-corrected chi connectivity index (χ1v) is 10.0. The van der Waals surface area contributed by atoms with E-state index in [2.05, 4.69) is 5.32 Å². The minimum absolute atomic E-state index is 0.216. The summed E-state index contributed by atoms with van der Waals surface area (Å²) in [5.41, 5.74) is 1.62. The fourth-order valence-corrected chi connectivity index (χ4v) is 4.53.